The molecule has 0 radical (unpaired) electrons. The normalized spacial score (nSPS) is 15.6. The van der Waals surface area contributed by atoms with Gasteiger partial charge in [-0.2, -0.15) is 0 Å². The molecule has 1 N–H and O–H groups in total. The van der Waals surface area contributed by atoms with Gasteiger partial charge in [0.05, 0.1) is 6.54 Å². The molecule has 26 heavy (non-hydrogen) atoms. The summed E-state index contributed by atoms with van der Waals surface area (Å²) in [6.07, 6.45) is 3.04. The first-order valence-electron chi connectivity index (χ1n) is 8.84. The Morgan fingerprint density at radius 1 is 1.12 bits per heavy atom. The van der Waals surface area contributed by atoms with E-state index >= 15 is 0 Å². The Balaban J connectivity index is 1.95. The predicted molar refractivity (Wildman–Crippen MR) is 96.8 cm³/mol. The van der Waals surface area contributed by atoms with Crippen molar-refractivity contribution in [2.75, 3.05) is 13.2 Å². The second kappa shape index (κ2) is 9.17. The van der Waals surface area contributed by atoms with Crippen molar-refractivity contribution in [1.82, 2.24) is 5.32 Å². The Morgan fingerprint density at radius 2 is 1.77 bits per heavy atom. The number of ether oxygens (including phenoxy) is 2. The Bertz CT molecular complexity index is 662. The number of esters is 1. The molecule has 0 heterocycles. The average Bonchev–Trinajstić information content (AvgIpc) is 2.65. The fourth-order valence-electron chi connectivity index (χ4n) is 2.98. The summed E-state index contributed by atoms with van der Waals surface area (Å²) in [5.74, 6) is -0.676. The first kappa shape index (κ1) is 19.7. The summed E-state index contributed by atoms with van der Waals surface area (Å²) < 4.78 is 10.5. The van der Waals surface area contributed by atoms with Crippen molar-refractivity contribution < 1.29 is 23.9 Å². The van der Waals surface area contributed by atoms with E-state index in [2.05, 4.69) is 11.9 Å². The summed E-state index contributed by atoms with van der Waals surface area (Å²) in [6, 6.07) is 8.89. The number of hydrogen-bond donors (Lipinski definition) is 1. The fourth-order valence-corrected chi connectivity index (χ4v) is 2.98. The molecule has 1 aromatic rings. The zero-order chi connectivity index (χ0) is 19.0. The topological polar surface area (TPSA) is 81.7 Å². The minimum atomic E-state index is -1.13. The SMILES string of the molecule is C=C(C)C(=O)OCCNC(=O)OC1(C(=O)c2ccccc2)CCCCC1. The van der Waals surface area contributed by atoms with Crippen LogP contribution in [-0.4, -0.2) is 36.6 Å². The summed E-state index contributed by atoms with van der Waals surface area (Å²) >= 11 is 0. The van der Waals surface area contributed by atoms with E-state index in [1.807, 2.05) is 6.07 Å². The molecule has 1 aliphatic carbocycles. The van der Waals surface area contributed by atoms with Gasteiger partial charge in [-0.25, -0.2) is 9.59 Å². The zero-order valence-corrected chi connectivity index (χ0v) is 15.1. The summed E-state index contributed by atoms with van der Waals surface area (Å²) in [7, 11) is 0. The number of alkyl carbamates (subject to hydrolysis) is 1. The van der Waals surface area contributed by atoms with E-state index in [0.717, 1.165) is 19.3 Å². The van der Waals surface area contributed by atoms with Crippen molar-refractivity contribution in [2.24, 2.45) is 0 Å². The summed E-state index contributed by atoms with van der Waals surface area (Å²) in [4.78, 5) is 36.4. The smallest absolute Gasteiger partial charge is 0.408 e. The summed E-state index contributed by atoms with van der Waals surface area (Å²) in [5.41, 5.74) is -0.294. The maximum atomic E-state index is 13.0. The van der Waals surface area contributed by atoms with E-state index in [1.165, 1.54) is 0 Å². The Hall–Kier alpha value is -2.63. The second-order valence-corrected chi connectivity index (χ2v) is 6.48. The van der Waals surface area contributed by atoms with Gasteiger partial charge in [-0.05, 0) is 32.6 Å². The van der Waals surface area contributed by atoms with Crippen LogP contribution in [0.1, 0.15) is 49.4 Å². The second-order valence-electron chi connectivity index (χ2n) is 6.48. The molecule has 0 spiro atoms. The molecular formula is C20H25NO5. The maximum Gasteiger partial charge on any atom is 0.408 e. The molecule has 140 valence electrons. The number of amides is 1. The molecule has 0 unspecified atom stereocenters. The lowest BCUT2D eigenvalue weighted by molar-refractivity contribution is -0.138. The van der Waals surface area contributed by atoms with Gasteiger partial charge in [0.1, 0.15) is 6.61 Å². The third kappa shape index (κ3) is 5.18. The van der Waals surface area contributed by atoms with Crippen LogP contribution in [0, 0.1) is 0 Å². The van der Waals surface area contributed by atoms with Crippen LogP contribution in [0.4, 0.5) is 4.79 Å². The average molecular weight is 359 g/mol. The van der Waals surface area contributed by atoms with Gasteiger partial charge in [-0.3, -0.25) is 4.79 Å². The van der Waals surface area contributed by atoms with Crippen molar-refractivity contribution in [3.05, 3.63) is 48.0 Å². The predicted octanol–water partition coefficient (Wildman–Crippen LogP) is 3.42. The molecule has 0 aliphatic heterocycles. The van der Waals surface area contributed by atoms with Gasteiger partial charge in [0, 0.05) is 11.1 Å². The van der Waals surface area contributed by atoms with Crippen LogP contribution < -0.4 is 5.32 Å². The molecule has 0 aromatic heterocycles. The van der Waals surface area contributed by atoms with E-state index < -0.39 is 17.7 Å². The largest absolute Gasteiger partial charge is 0.460 e. The van der Waals surface area contributed by atoms with Crippen LogP contribution in [-0.2, 0) is 14.3 Å². The molecule has 0 bridgehead atoms. The van der Waals surface area contributed by atoms with Crippen LogP contribution in [0.25, 0.3) is 0 Å². The Morgan fingerprint density at radius 3 is 2.38 bits per heavy atom. The van der Waals surface area contributed by atoms with Gasteiger partial charge < -0.3 is 14.8 Å². The highest BCUT2D eigenvalue weighted by molar-refractivity contribution is 6.03. The molecular weight excluding hydrogens is 334 g/mol. The van der Waals surface area contributed by atoms with Crippen molar-refractivity contribution >= 4 is 17.8 Å². The number of nitrogens with one attached hydrogen (secondary N) is 1. The third-order valence-corrected chi connectivity index (χ3v) is 4.35. The van der Waals surface area contributed by atoms with E-state index in [0.29, 0.717) is 24.0 Å². The molecule has 1 aromatic carbocycles. The third-order valence-electron chi connectivity index (χ3n) is 4.35. The number of hydrogen-bond acceptors (Lipinski definition) is 5. The van der Waals surface area contributed by atoms with Crippen molar-refractivity contribution in [1.29, 1.82) is 0 Å². The highest BCUT2D eigenvalue weighted by atomic mass is 16.6. The molecule has 0 atom stereocenters. The minimum Gasteiger partial charge on any atom is -0.460 e. The lowest BCUT2D eigenvalue weighted by Gasteiger charge is -2.35. The quantitative estimate of drug-likeness (QED) is 0.349. The van der Waals surface area contributed by atoms with Crippen molar-refractivity contribution in [3.63, 3.8) is 0 Å². The Labute approximate surface area is 153 Å². The van der Waals surface area contributed by atoms with Crippen LogP contribution in [0.3, 0.4) is 0 Å². The van der Waals surface area contributed by atoms with Crippen molar-refractivity contribution in [3.8, 4) is 0 Å². The molecule has 1 fully saturated rings. The summed E-state index contributed by atoms with van der Waals surface area (Å²) in [6.45, 7) is 5.15. The lowest BCUT2D eigenvalue weighted by Crippen LogP contribution is -2.47. The number of carbonyl (C=O) groups is 3. The fraction of sp³-hybridized carbons (Fsp3) is 0.450. The molecule has 1 amide bonds. The van der Waals surface area contributed by atoms with E-state index in [-0.39, 0.29) is 18.9 Å². The van der Waals surface area contributed by atoms with Crippen LogP contribution in [0.2, 0.25) is 0 Å². The first-order valence-corrected chi connectivity index (χ1v) is 8.84. The highest BCUT2D eigenvalue weighted by Crippen LogP contribution is 2.34. The maximum absolute atomic E-state index is 13.0. The standard InChI is InChI=1S/C20H25NO5/c1-15(2)18(23)25-14-13-21-19(24)26-20(11-7-4-8-12-20)17(22)16-9-5-3-6-10-16/h3,5-6,9-10H,1,4,7-8,11-14H2,2H3,(H,21,24). The zero-order valence-electron chi connectivity index (χ0n) is 15.1. The van der Waals surface area contributed by atoms with Gasteiger partial charge in [0.2, 0.25) is 5.78 Å². The van der Waals surface area contributed by atoms with Crippen LogP contribution in [0.15, 0.2) is 42.5 Å². The lowest BCUT2D eigenvalue weighted by atomic mass is 9.79. The molecule has 6 heteroatoms. The van der Waals surface area contributed by atoms with Crippen molar-refractivity contribution in [2.45, 2.75) is 44.6 Å². The molecule has 1 saturated carbocycles. The molecule has 0 saturated heterocycles. The number of rotatable bonds is 7. The molecule has 1 aliphatic rings. The van der Waals surface area contributed by atoms with Gasteiger partial charge in [0.15, 0.2) is 5.60 Å². The van der Waals surface area contributed by atoms with E-state index in [4.69, 9.17) is 9.47 Å². The number of benzene rings is 1. The van der Waals surface area contributed by atoms with Gasteiger partial charge in [0.25, 0.3) is 0 Å². The van der Waals surface area contributed by atoms with E-state index in [9.17, 15) is 14.4 Å². The van der Waals surface area contributed by atoms with Crippen LogP contribution >= 0.6 is 0 Å². The van der Waals surface area contributed by atoms with E-state index in [1.54, 1.807) is 31.2 Å². The first-order chi connectivity index (χ1) is 12.4. The number of carbonyl (C=O) groups excluding carboxylic acids is 3. The van der Waals surface area contributed by atoms with Crippen LogP contribution in [0.5, 0.6) is 0 Å². The van der Waals surface area contributed by atoms with Gasteiger partial charge in [-0.1, -0.05) is 43.3 Å². The number of Topliss-reactive ketones (excluding diaryl/α,β-unsaturated/α-hetero) is 1. The highest BCUT2D eigenvalue weighted by Gasteiger charge is 2.43. The molecule has 2 rings (SSSR count). The monoisotopic (exact) mass is 359 g/mol. The molecule has 6 nitrogen and oxygen atoms in total. The van der Waals surface area contributed by atoms with Gasteiger partial charge in [-0.15, -0.1) is 0 Å². The summed E-state index contributed by atoms with van der Waals surface area (Å²) in [5, 5.41) is 2.54. The Kier molecular flexibility index (Phi) is 6.95. The minimum absolute atomic E-state index is 0.0143. The van der Waals surface area contributed by atoms with Gasteiger partial charge >= 0.3 is 12.1 Å². The number of ketones is 1.